The van der Waals surface area contributed by atoms with Crippen LogP contribution in [0.4, 0.5) is 20.1 Å². The lowest BCUT2D eigenvalue weighted by Gasteiger charge is -2.37. The van der Waals surface area contributed by atoms with Crippen molar-refractivity contribution in [2.75, 3.05) is 70.8 Å². The van der Waals surface area contributed by atoms with Gasteiger partial charge >= 0.3 is 18.2 Å². The number of likely N-dealkylation sites (tertiary alicyclic amines) is 2. The van der Waals surface area contributed by atoms with Gasteiger partial charge in [-0.25, -0.2) is 14.4 Å². The monoisotopic (exact) mass is 699 g/mol. The number of piperazine rings is 2. The number of rotatable bonds is 3. The van der Waals surface area contributed by atoms with Gasteiger partial charge in [-0.1, -0.05) is 12.1 Å². The number of nitrogens with zero attached hydrogens (tertiary/aromatic N) is 5. The second kappa shape index (κ2) is 16.8. The molecule has 4 aliphatic rings. The van der Waals surface area contributed by atoms with Crippen LogP contribution in [-0.4, -0.2) is 143 Å². The first kappa shape index (κ1) is 38.7. The van der Waals surface area contributed by atoms with Gasteiger partial charge < -0.3 is 34.8 Å². The molecule has 278 valence electrons. The number of hydrogen-bond donors (Lipinski definition) is 2. The highest BCUT2D eigenvalue weighted by atomic mass is 16.6. The number of carbonyl (C=O) groups excluding carboxylic acids is 5. The average molecular weight is 700 g/mol. The first-order valence-electron chi connectivity index (χ1n) is 17.9. The molecule has 6 amide bonds. The SMILES string of the molecule is CC(C)(C)OC(=O)N1CCC[C@H]1C(=O)N1CCNCC1.Cc1cccc(NC(=O)N2CCN(C(=O)[C@@H]3CCCN3C(=O)OC(C)(C)C)CC2)c1. The zero-order chi connectivity index (χ0) is 36.6. The Balaban J connectivity index is 0.000000244. The summed E-state index contributed by atoms with van der Waals surface area (Å²) in [4.78, 5) is 71.2. The topological polar surface area (TPSA) is 144 Å². The van der Waals surface area contributed by atoms with Crippen LogP contribution in [0.3, 0.4) is 0 Å². The van der Waals surface area contributed by atoms with Crippen molar-refractivity contribution in [1.82, 2.24) is 29.8 Å². The highest BCUT2D eigenvalue weighted by Crippen LogP contribution is 2.24. The zero-order valence-corrected chi connectivity index (χ0v) is 31.0. The van der Waals surface area contributed by atoms with Crippen molar-refractivity contribution in [2.24, 2.45) is 0 Å². The largest absolute Gasteiger partial charge is 0.444 e. The summed E-state index contributed by atoms with van der Waals surface area (Å²) in [6.45, 7) is 19.0. The van der Waals surface area contributed by atoms with E-state index in [-0.39, 0.29) is 30.0 Å². The molecule has 0 bridgehead atoms. The number of carbonyl (C=O) groups is 5. The van der Waals surface area contributed by atoms with E-state index in [2.05, 4.69) is 10.6 Å². The van der Waals surface area contributed by atoms with Gasteiger partial charge in [0, 0.05) is 71.1 Å². The fourth-order valence-corrected chi connectivity index (χ4v) is 6.49. The Morgan fingerprint density at radius 1 is 0.680 bits per heavy atom. The van der Waals surface area contributed by atoms with Crippen LogP contribution in [0.5, 0.6) is 0 Å². The van der Waals surface area contributed by atoms with Gasteiger partial charge in [0.2, 0.25) is 11.8 Å². The van der Waals surface area contributed by atoms with E-state index in [9.17, 15) is 24.0 Å². The molecule has 14 heteroatoms. The Hall–Kier alpha value is -4.07. The summed E-state index contributed by atoms with van der Waals surface area (Å²) in [5.74, 6) is 0.00645. The maximum atomic E-state index is 13.0. The van der Waals surface area contributed by atoms with E-state index in [1.807, 2.05) is 77.6 Å². The lowest BCUT2D eigenvalue weighted by Crippen LogP contribution is -2.56. The molecule has 0 radical (unpaired) electrons. The average Bonchev–Trinajstić information content (AvgIpc) is 3.74. The van der Waals surface area contributed by atoms with Gasteiger partial charge in [-0.15, -0.1) is 0 Å². The number of anilines is 1. The summed E-state index contributed by atoms with van der Waals surface area (Å²) in [6, 6.07) is 6.67. The summed E-state index contributed by atoms with van der Waals surface area (Å²) >= 11 is 0. The van der Waals surface area contributed by atoms with Crippen LogP contribution >= 0.6 is 0 Å². The van der Waals surface area contributed by atoms with Crippen LogP contribution in [0.25, 0.3) is 0 Å². The molecule has 14 nitrogen and oxygen atoms in total. The third kappa shape index (κ3) is 11.0. The Kier molecular flexibility index (Phi) is 13.0. The molecule has 50 heavy (non-hydrogen) atoms. The molecule has 4 aliphatic heterocycles. The smallest absolute Gasteiger partial charge is 0.410 e. The first-order chi connectivity index (χ1) is 23.5. The molecule has 2 N–H and O–H groups in total. The Labute approximate surface area is 296 Å². The van der Waals surface area contributed by atoms with Crippen LogP contribution in [0, 0.1) is 6.92 Å². The van der Waals surface area contributed by atoms with Crippen molar-refractivity contribution in [3.8, 4) is 0 Å². The lowest BCUT2D eigenvalue weighted by atomic mass is 10.1. The molecule has 0 aromatic heterocycles. The second-order valence-corrected chi connectivity index (χ2v) is 15.4. The van der Waals surface area contributed by atoms with E-state index in [0.29, 0.717) is 45.7 Å². The minimum atomic E-state index is -0.594. The summed E-state index contributed by atoms with van der Waals surface area (Å²) in [5, 5.41) is 6.14. The summed E-state index contributed by atoms with van der Waals surface area (Å²) < 4.78 is 10.9. The number of benzene rings is 1. The number of hydrogen-bond acceptors (Lipinski definition) is 8. The van der Waals surface area contributed by atoms with Gasteiger partial charge in [0.15, 0.2) is 0 Å². The molecular weight excluding hydrogens is 642 g/mol. The quantitative estimate of drug-likeness (QED) is 0.484. The van der Waals surface area contributed by atoms with Crippen molar-refractivity contribution < 1.29 is 33.4 Å². The Bertz CT molecular complexity index is 1360. The van der Waals surface area contributed by atoms with Gasteiger partial charge in [-0.3, -0.25) is 19.4 Å². The lowest BCUT2D eigenvalue weighted by molar-refractivity contribution is -0.137. The molecule has 1 aromatic carbocycles. The first-order valence-corrected chi connectivity index (χ1v) is 17.9. The zero-order valence-electron chi connectivity index (χ0n) is 31.0. The van der Waals surface area contributed by atoms with E-state index < -0.39 is 23.3 Å². The fourth-order valence-electron chi connectivity index (χ4n) is 6.49. The van der Waals surface area contributed by atoms with Gasteiger partial charge in [-0.05, 0) is 91.8 Å². The predicted molar refractivity (Wildman–Crippen MR) is 190 cm³/mol. The normalized spacial score (nSPS) is 21.3. The highest BCUT2D eigenvalue weighted by molar-refractivity contribution is 5.90. The van der Waals surface area contributed by atoms with Gasteiger partial charge in [-0.2, -0.15) is 0 Å². The van der Waals surface area contributed by atoms with Crippen molar-refractivity contribution in [2.45, 2.75) is 97.4 Å². The number of aryl methyl sites for hydroxylation is 1. The van der Waals surface area contributed by atoms with Crippen LogP contribution in [0.2, 0.25) is 0 Å². The van der Waals surface area contributed by atoms with Crippen LogP contribution in [0.1, 0.15) is 72.8 Å². The summed E-state index contributed by atoms with van der Waals surface area (Å²) in [7, 11) is 0. The van der Waals surface area contributed by atoms with Gasteiger partial charge in [0.25, 0.3) is 0 Å². The standard InChI is InChI=1S/C22H32N4O4.C14H25N3O3/c1-16-7-5-8-17(15-16)23-20(28)25-13-11-24(12-14-25)19(27)18-9-6-10-26(18)21(29)30-22(2,3)4;1-14(2,3)20-13(19)17-8-4-5-11(17)12(18)16-9-6-15-7-10-16/h5,7-8,15,18H,6,9-14H2,1-4H3,(H,23,28);11,15H,4-10H2,1-3H3/t18-;11-/m00/s1. The van der Waals surface area contributed by atoms with Gasteiger partial charge in [0.05, 0.1) is 0 Å². The number of amides is 6. The molecule has 4 heterocycles. The van der Waals surface area contributed by atoms with Crippen molar-refractivity contribution >= 4 is 35.7 Å². The van der Waals surface area contributed by atoms with Crippen molar-refractivity contribution in [3.05, 3.63) is 29.8 Å². The minimum absolute atomic E-state index is 0.0582. The number of ether oxygens (including phenoxy) is 2. The van der Waals surface area contributed by atoms with Crippen LogP contribution < -0.4 is 10.6 Å². The molecular formula is C36H57N7O7. The maximum Gasteiger partial charge on any atom is 0.410 e. The summed E-state index contributed by atoms with van der Waals surface area (Å²) in [5.41, 5.74) is 0.720. The number of nitrogens with one attached hydrogen (secondary N) is 2. The van der Waals surface area contributed by atoms with E-state index in [0.717, 1.165) is 56.7 Å². The highest BCUT2D eigenvalue weighted by Gasteiger charge is 2.40. The molecule has 1 aromatic rings. The third-order valence-corrected chi connectivity index (χ3v) is 8.91. The van der Waals surface area contributed by atoms with Crippen molar-refractivity contribution in [3.63, 3.8) is 0 Å². The van der Waals surface area contributed by atoms with E-state index in [4.69, 9.17) is 9.47 Å². The third-order valence-electron chi connectivity index (χ3n) is 8.91. The predicted octanol–water partition coefficient (Wildman–Crippen LogP) is 3.89. The number of urea groups is 1. The van der Waals surface area contributed by atoms with E-state index >= 15 is 0 Å². The minimum Gasteiger partial charge on any atom is -0.444 e. The van der Waals surface area contributed by atoms with E-state index in [1.165, 1.54) is 0 Å². The maximum absolute atomic E-state index is 13.0. The Morgan fingerprint density at radius 2 is 1.14 bits per heavy atom. The molecule has 4 fully saturated rings. The summed E-state index contributed by atoms with van der Waals surface area (Å²) in [6.07, 6.45) is 2.22. The van der Waals surface area contributed by atoms with Crippen LogP contribution in [0.15, 0.2) is 24.3 Å². The van der Waals surface area contributed by atoms with Gasteiger partial charge in [0.1, 0.15) is 23.3 Å². The second-order valence-electron chi connectivity index (χ2n) is 15.4. The van der Waals surface area contributed by atoms with Crippen molar-refractivity contribution in [1.29, 1.82) is 0 Å². The molecule has 4 saturated heterocycles. The molecule has 5 rings (SSSR count). The molecule has 0 spiro atoms. The molecule has 0 unspecified atom stereocenters. The van der Waals surface area contributed by atoms with Crippen LogP contribution in [-0.2, 0) is 19.1 Å². The fraction of sp³-hybridized carbons (Fsp3) is 0.694. The molecule has 2 atom stereocenters. The molecule has 0 saturated carbocycles. The van der Waals surface area contributed by atoms with E-state index in [1.54, 1.807) is 19.6 Å². The molecule has 0 aliphatic carbocycles. The Morgan fingerprint density at radius 3 is 1.60 bits per heavy atom.